The highest BCUT2D eigenvalue weighted by Crippen LogP contribution is 2.36. The summed E-state index contributed by atoms with van der Waals surface area (Å²) in [7, 11) is 0. The number of anilines is 1. The van der Waals surface area contributed by atoms with Crippen molar-refractivity contribution in [1.29, 1.82) is 0 Å². The predicted octanol–water partition coefficient (Wildman–Crippen LogP) is 3.25. The van der Waals surface area contributed by atoms with E-state index in [1.807, 2.05) is 0 Å². The van der Waals surface area contributed by atoms with Crippen LogP contribution in [0.5, 0.6) is 0 Å². The second-order valence-corrected chi connectivity index (χ2v) is 7.84. The number of nitrogens with one attached hydrogen (secondary N) is 2. The quantitative estimate of drug-likeness (QED) is 0.417. The van der Waals surface area contributed by atoms with Crippen molar-refractivity contribution in [2.45, 2.75) is 44.9 Å². The molecule has 1 aliphatic heterocycles. The highest BCUT2D eigenvalue weighted by Gasteiger charge is 2.49. The van der Waals surface area contributed by atoms with Gasteiger partial charge in [0.15, 0.2) is 11.6 Å². The van der Waals surface area contributed by atoms with Gasteiger partial charge in [-0.2, -0.15) is 13.2 Å². The molecule has 0 aromatic heterocycles. The molecule has 6 nitrogen and oxygen atoms in total. The van der Waals surface area contributed by atoms with E-state index >= 15 is 0 Å². The fraction of sp³-hybridized carbons (Fsp3) is 0.500. The smallest absolute Gasteiger partial charge is 0.336 e. The van der Waals surface area contributed by atoms with Crippen LogP contribution in [0.3, 0.4) is 0 Å². The Morgan fingerprint density at radius 3 is 2.37 bits per heavy atom. The van der Waals surface area contributed by atoms with Crippen LogP contribution in [-0.4, -0.2) is 46.9 Å². The summed E-state index contributed by atoms with van der Waals surface area (Å²) >= 11 is 5.55. The van der Waals surface area contributed by atoms with Crippen LogP contribution in [0.1, 0.15) is 27.2 Å². The van der Waals surface area contributed by atoms with Crippen molar-refractivity contribution < 1.29 is 36.3 Å². The van der Waals surface area contributed by atoms with Crippen LogP contribution in [0.4, 0.5) is 27.6 Å². The van der Waals surface area contributed by atoms with Crippen LogP contribution in [0.25, 0.3) is 0 Å². The van der Waals surface area contributed by atoms with Crippen LogP contribution in [0.15, 0.2) is 12.1 Å². The van der Waals surface area contributed by atoms with Gasteiger partial charge in [0.1, 0.15) is 6.04 Å². The zero-order valence-electron chi connectivity index (χ0n) is 16.2. The summed E-state index contributed by atoms with van der Waals surface area (Å²) in [6.07, 6.45) is -4.62. The number of hydrogen-bond acceptors (Lipinski definition) is 3. The third-order valence-electron chi connectivity index (χ3n) is 5.04. The summed E-state index contributed by atoms with van der Waals surface area (Å²) in [6.45, 7) is 3.58. The molecular weight excluding hydrogens is 437 g/mol. The average molecular weight is 456 g/mol. The molecule has 0 radical (unpaired) electrons. The van der Waals surface area contributed by atoms with E-state index < -0.39 is 58.1 Å². The standard InChI is InChI=1S/C18H19ClF5N3O3/c1-8(18(22,23)24)25-15(29)16(30)27-5-4-10(17(27,2)3)14(28)26-9-6-11(19)13(21)12(20)7-9/h6-8,10H,4-5H2,1-3H3,(H,25,29)(H,26,28). The zero-order valence-corrected chi connectivity index (χ0v) is 16.9. The molecule has 1 aliphatic rings. The van der Waals surface area contributed by atoms with E-state index in [-0.39, 0.29) is 18.7 Å². The van der Waals surface area contributed by atoms with Gasteiger partial charge in [0, 0.05) is 23.8 Å². The molecule has 1 heterocycles. The van der Waals surface area contributed by atoms with Crippen molar-refractivity contribution >= 4 is 35.0 Å². The highest BCUT2D eigenvalue weighted by molar-refractivity contribution is 6.35. The number of benzene rings is 1. The number of rotatable bonds is 3. The number of alkyl halides is 3. The molecule has 1 saturated heterocycles. The molecule has 0 spiro atoms. The third-order valence-corrected chi connectivity index (χ3v) is 5.31. The second-order valence-electron chi connectivity index (χ2n) is 7.43. The first kappa shape index (κ1) is 23.8. The Bertz CT molecular complexity index is 852. The molecule has 3 amide bonds. The lowest BCUT2D eigenvalue weighted by atomic mass is 9.87. The predicted molar refractivity (Wildman–Crippen MR) is 97.6 cm³/mol. The zero-order chi connectivity index (χ0) is 23.0. The summed E-state index contributed by atoms with van der Waals surface area (Å²) < 4.78 is 64.6. The van der Waals surface area contributed by atoms with Gasteiger partial charge in [0.05, 0.1) is 10.9 Å². The van der Waals surface area contributed by atoms with Crippen molar-refractivity contribution in [2.24, 2.45) is 5.92 Å². The van der Waals surface area contributed by atoms with Gasteiger partial charge in [-0.3, -0.25) is 14.4 Å². The summed E-state index contributed by atoms with van der Waals surface area (Å²) in [5, 5.41) is 3.42. The van der Waals surface area contributed by atoms with Gasteiger partial charge in [-0.05, 0) is 33.3 Å². The van der Waals surface area contributed by atoms with Gasteiger partial charge in [0.25, 0.3) is 0 Å². The number of amides is 3. The molecule has 0 saturated carbocycles. The van der Waals surface area contributed by atoms with E-state index in [1.54, 1.807) is 5.32 Å². The maximum Gasteiger partial charge on any atom is 0.408 e. The van der Waals surface area contributed by atoms with Gasteiger partial charge in [0.2, 0.25) is 5.91 Å². The number of carbonyl (C=O) groups is 3. The Kier molecular flexibility index (Phi) is 6.65. The molecule has 1 aromatic rings. The fourth-order valence-corrected chi connectivity index (χ4v) is 3.43. The van der Waals surface area contributed by atoms with Crippen molar-refractivity contribution in [3.63, 3.8) is 0 Å². The SMILES string of the molecule is CC(NC(=O)C(=O)N1CCC(C(=O)Nc2cc(F)c(F)c(Cl)c2)C1(C)C)C(F)(F)F. The molecule has 2 N–H and O–H groups in total. The van der Waals surface area contributed by atoms with E-state index in [4.69, 9.17) is 11.6 Å². The van der Waals surface area contributed by atoms with Crippen LogP contribution in [0, 0.1) is 17.6 Å². The Hall–Kier alpha value is -2.43. The Labute approximate surface area is 173 Å². The van der Waals surface area contributed by atoms with Crippen LogP contribution in [-0.2, 0) is 14.4 Å². The normalized spacial score (nSPS) is 19.4. The molecule has 166 valence electrons. The van der Waals surface area contributed by atoms with E-state index in [0.29, 0.717) is 6.92 Å². The molecule has 1 aromatic carbocycles. The largest absolute Gasteiger partial charge is 0.408 e. The summed E-state index contributed by atoms with van der Waals surface area (Å²) in [5.74, 6) is -6.71. The van der Waals surface area contributed by atoms with Crippen LogP contribution in [0.2, 0.25) is 5.02 Å². The van der Waals surface area contributed by atoms with E-state index in [2.05, 4.69) is 5.32 Å². The first-order chi connectivity index (χ1) is 13.7. The van der Waals surface area contributed by atoms with Crippen molar-refractivity contribution in [1.82, 2.24) is 10.2 Å². The van der Waals surface area contributed by atoms with Crippen LogP contribution < -0.4 is 10.6 Å². The molecule has 1 fully saturated rings. The Balaban J connectivity index is 2.12. The summed E-state index contributed by atoms with van der Waals surface area (Å²) in [6, 6.07) is -0.484. The van der Waals surface area contributed by atoms with E-state index in [9.17, 15) is 36.3 Å². The van der Waals surface area contributed by atoms with Gasteiger partial charge < -0.3 is 15.5 Å². The highest BCUT2D eigenvalue weighted by atomic mass is 35.5. The van der Waals surface area contributed by atoms with Crippen LogP contribution >= 0.6 is 11.6 Å². The van der Waals surface area contributed by atoms with Crippen molar-refractivity contribution in [3.05, 3.63) is 28.8 Å². The maximum atomic E-state index is 13.5. The topological polar surface area (TPSA) is 78.5 Å². The molecule has 0 bridgehead atoms. The van der Waals surface area contributed by atoms with Gasteiger partial charge in [-0.25, -0.2) is 8.78 Å². The minimum absolute atomic E-state index is 0.0593. The monoisotopic (exact) mass is 455 g/mol. The maximum absolute atomic E-state index is 13.5. The number of hydrogen-bond donors (Lipinski definition) is 2. The number of halogens is 6. The number of carbonyl (C=O) groups excluding carboxylic acids is 3. The van der Waals surface area contributed by atoms with Gasteiger partial charge in [-0.15, -0.1) is 0 Å². The first-order valence-electron chi connectivity index (χ1n) is 8.80. The summed E-state index contributed by atoms with van der Waals surface area (Å²) in [5.41, 5.74) is -1.34. The van der Waals surface area contributed by atoms with E-state index in [1.165, 1.54) is 13.8 Å². The fourth-order valence-electron chi connectivity index (χ4n) is 3.22. The van der Waals surface area contributed by atoms with Crippen molar-refractivity contribution in [3.8, 4) is 0 Å². The minimum atomic E-state index is -4.72. The molecular formula is C18H19ClF5N3O3. The molecule has 2 unspecified atom stereocenters. The Morgan fingerprint density at radius 1 is 1.23 bits per heavy atom. The lowest BCUT2D eigenvalue weighted by Gasteiger charge is -2.35. The number of nitrogens with zero attached hydrogens (tertiary/aromatic N) is 1. The lowest BCUT2D eigenvalue weighted by Crippen LogP contribution is -2.55. The Morgan fingerprint density at radius 2 is 1.83 bits per heavy atom. The second kappa shape index (κ2) is 8.37. The first-order valence-corrected chi connectivity index (χ1v) is 9.18. The van der Waals surface area contributed by atoms with Gasteiger partial charge >= 0.3 is 18.0 Å². The molecule has 2 rings (SSSR count). The molecule has 12 heteroatoms. The van der Waals surface area contributed by atoms with Crippen molar-refractivity contribution in [2.75, 3.05) is 11.9 Å². The molecule has 30 heavy (non-hydrogen) atoms. The summed E-state index contributed by atoms with van der Waals surface area (Å²) in [4.78, 5) is 38.0. The van der Waals surface area contributed by atoms with Gasteiger partial charge in [-0.1, -0.05) is 11.6 Å². The average Bonchev–Trinajstić information content (AvgIpc) is 2.92. The molecule has 2 atom stereocenters. The number of likely N-dealkylation sites (tertiary alicyclic amines) is 1. The lowest BCUT2D eigenvalue weighted by molar-refractivity contribution is -0.163. The van der Waals surface area contributed by atoms with E-state index in [0.717, 1.165) is 17.0 Å². The minimum Gasteiger partial charge on any atom is -0.336 e. The third kappa shape index (κ3) is 4.82. The molecule has 0 aliphatic carbocycles.